The van der Waals surface area contributed by atoms with Gasteiger partial charge in [-0.1, -0.05) is 11.6 Å². The first-order valence-corrected chi connectivity index (χ1v) is 11.0. The fraction of sp³-hybridized carbons (Fsp3) is 0.389. The van der Waals surface area contributed by atoms with Crippen molar-refractivity contribution in [3.8, 4) is 0 Å². The van der Waals surface area contributed by atoms with Crippen LogP contribution in [0.1, 0.15) is 35.9 Å². The van der Waals surface area contributed by atoms with Gasteiger partial charge in [0.15, 0.2) is 11.6 Å². The Morgan fingerprint density at radius 1 is 1.19 bits per heavy atom. The number of fused-ring (bicyclic) bond motifs is 1. The number of aromatic nitrogens is 1. The Labute approximate surface area is 179 Å². The van der Waals surface area contributed by atoms with E-state index in [2.05, 4.69) is 5.32 Å². The second-order valence-electron chi connectivity index (χ2n) is 7.01. The molecule has 1 aliphatic rings. The summed E-state index contributed by atoms with van der Waals surface area (Å²) in [6, 6.07) is 0.227. The normalized spacial score (nSPS) is 15.5. The minimum Gasteiger partial charge on any atom is -0.338 e. The number of halogens is 6. The predicted molar refractivity (Wildman–Crippen MR) is 103 cm³/mol. The van der Waals surface area contributed by atoms with E-state index in [-0.39, 0.29) is 30.0 Å². The fourth-order valence-corrected chi connectivity index (χ4v) is 5.46. The summed E-state index contributed by atoms with van der Waals surface area (Å²) in [4.78, 5) is 12.2. The van der Waals surface area contributed by atoms with Crippen molar-refractivity contribution in [2.24, 2.45) is 0 Å². The van der Waals surface area contributed by atoms with Crippen LogP contribution in [0, 0.1) is 11.6 Å². The number of hydrogen-bond donors (Lipinski definition) is 2. The van der Waals surface area contributed by atoms with Crippen LogP contribution >= 0.6 is 11.6 Å². The smallest absolute Gasteiger partial charge is 0.338 e. The molecule has 170 valence electrons. The Balaban J connectivity index is 2.04. The molecule has 2 heterocycles. The molecule has 0 bridgehead atoms. The Kier molecular flexibility index (Phi) is 6.36. The molecule has 3 rings (SSSR count). The van der Waals surface area contributed by atoms with Gasteiger partial charge in [0.1, 0.15) is 16.6 Å². The molecule has 2 N–H and O–H groups in total. The molecular weight excluding hydrogens is 469 g/mol. The van der Waals surface area contributed by atoms with E-state index < -0.39 is 49.7 Å². The van der Waals surface area contributed by atoms with E-state index in [1.165, 1.54) is 4.57 Å². The van der Waals surface area contributed by atoms with Gasteiger partial charge in [0, 0.05) is 24.0 Å². The van der Waals surface area contributed by atoms with Crippen molar-refractivity contribution in [1.29, 1.82) is 0 Å². The molecule has 1 amide bonds. The van der Waals surface area contributed by atoms with Gasteiger partial charge in [-0.25, -0.2) is 17.2 Å². The summed E-state index contributed by atoms with van der Waals surface area (Å²) < 4.78 is 93.5. The van der Waals surface area contributed by atoms with Crippen molar-refractivity contribution in [2.45, 2.75) is 49.8 Å². The molecule has 1 aromatic heterocycles. The third kappa shape index (κ3) is 4.70. The number of nitrogens with zero attached hydrogens (tertiary/aromatic N) is 1. The number of hydrogen-bond acceptors (Lipinski definition) is 3. The summed E-state index contributed by atoms with van der Waals surface area (Å²) in [6.07, 6.45) is -3.53. The van der Waals surface area contributed by atoms with Gasteiger partial charge >= 0.3 is 6.18 Å². The van der Waals surface area contributed by atoms with Gasteiger partial charge in [-0.2, -0.15) is 17.9 Å². The molecule has 6 nitrogen and oxygen atoms in total. The van der Waals surface area contributed by atoms with Crippen molar-refractivity contribution >= 4 is 33.2 Å². The summed E-state index contributed by atoms with van der Waals surface area (Å²) in [6.45, 7) is 0.852. The Bertz CT molecular complexity index is 1130. The highest BCUT2D eigenvalue weighted by Gasteiger charge is 2.41. The van der Waals surface area contributed by atoms with Crippen LogP contribution in [0.4, 0.5) is 27.6 Å². The van der Waals surface area contributed by atoms with Crippen LogP contribution in [-0.2, 0) is 23.0 Å². The molecule has 2 aromatic rings. The molecule has 0 radical (unpaired) electrons. The highest BCUT2D eigenvalue weighted by Crippen LogP contribution is 2.36. The number of nitrogens with one attached hydrogen (secondary N) is 2. The number of amides is 1. The highest BCUT2D eigenvalue weighted by molar-refractivity contribution is 7.89. The zero-order valence-electron chi connectivity index (χ0n) is 16.0. The second-order valence-corrected chi connectivity index (χ2v) is 9.04. The first kappa shape index (κ1) is 23.5. The number of carbonyl (C=O) groups excluding carboxylic acids is 1. The topological polar surface area (TPSA) is 80.2 Å². The first-order chi connectivity index (χ1) is 14.3. The molecule has 1 aromatic carbocycles. The molecule has 1 aliphatic heterocycles. The molecule has 0 saturated heterocycles. The first-order valence-electron chi connectivity index (χ1n) is 9.09. The number of carbonyl (C=O) groups is 1. The van der Waals surface area contributed by atoms with E-state index in [9.17, 15) is 35.2 Å². The van der Waals surface area contributed by atoms with Gasteiger partial charge in [0.25, 0.3) is 5.91 Å². The summed E-state index contributed by atoms with van der Waals surface area (Å²) in [5, 5.41) is 1.76. The largest absolute Gasteiger partial charge is 0.404 e. The summed E-state index contributed by atoms with van der Waals surface area (Å²) >= 11 is 6.20. The lowest BCUT2D eigenvalue weighted by atomic mass is 10.1. The molecule has 13 heteroatoms. The molecule has 31 heavy (non-hydrogen) atoms. The Morgan fingerprint density at radius 3 is 2.48 bits per heavy atom. The Morgan fingerprint density at radius 2 is 1.87 bits per heavy atom. The van der Waals surface area contributed by atoms with Crippen LogP contribution in [0.3, 0.4) is 0 Å². The summed E-state index contributed by atoms with van der Waals surface area (Å²) in [5.74, 6) is -3.26. The number of benzene rings is 1. The quantitative estimate of drug-likeness (QED) is 0.622. The fourth-order valence-electron chi connectivity index (χ4n) is 3.29. The molecule has 0 saturated carbocycles. The van der Waals surface area contributed by atoms with Gasteiger partial charge in [0.2, 0.25) is 10.0 Å². The molecule has 1 unspecified atom stereocenters. The van der Waals surface area contributed by atoms with Crippen LogP contribution in [0.15, 0.2) is 23.1 Å². The van der Waals surface area contributed by atoms with Crippen LogP contribution in [0.25, 0.3) is 0 Å². The predicted octanol–water partition coefficient (Wildman–Crippen LogP) is 4.24. The zero-order valence-corrected chi connectivity index (χ0v) is 17.6. The van der Waals surface area contributed by atoms with Gasteiger partial charge < -0.3 is 9.88 Å². The van der Waals surface area contributed by atoms with Crippen LogP contribution in [0.2, 0.25) is 5.02 Å². The zero-order chi connectivity index (χ0) is 23.1. The lowest BCUT2D eigenvalue weighted by molar-refractivity contribution is -0.147. The number of rotatable bonds is 5. The van der Waals surface area contributed by atoms with E-state index in [0.29, 0.717) is 19.8 Å². The Hall–Kier alpha value is -2.18. The summed E-state index contributed by atoms with van der Waals surface area (Å²) in [5.41, 5.74) is -0.297. The van der Waals surface area contributed by atoms with Crippen molar-refractivity contribution in [3.05, 3.63) is 46.2 Å². The van der Waals surface area contributed by atoms with E-state index in [0.717, 1.165) is 18.2 Å². The maximum atomic E-state index is 13.4. The molecule has 0 aliphatic carbocycles. The van der Waals surface area contributed by atoms with Gasteiger partial charge in [-0.05, 0) is 38.3 Å². The maximum absolute atomic E-state index is 13.4. The minimum atomic E-state index is -4.83. The average molecular weight is 486 g/mol. The second kappa shape index (κ2) is 8.40. The lowest BCUT2D eigenvalue weighted by Crippen LogP contribution is -2.43. The SMILES string of the molecule is CC(NS(=O)(=O)c1c(Cl)c(C(=O)Nc2ccc(F)c(F)c2)n2c1CCCC2)C(F)(F)F. The van der Waals surface area contributed by atoms with Crippen molar-refractivity contribution in [1.82, 2.24) is 9.29 Å². The van der Waals surface area contributed by atoms with Crippen molar-refractivity contribution < 1.29 is 35.2 Å². The van der Waals surface area contributed by atoms with Crippen LogP contribution in [0.5, 0.6) is 0 Å². The van der Waals surface area contributed by atoms with Gasteiger partial charge in [-0.3, -0.25) is 4.79 Å². The molecular formula is C18H17ClF5N3O3S. The maximum Gasteiger partial charge on any atom is 0.404 e. The van der Waals surface area contributed by atoms with E-state index in [1.54, 1.807) is 4.72 Å². The van der Waals surface area contributed by atoms with Crippen LogP contribution < -0.4 is 10.0 Å². The van der Waals surface area contributed by atoms with E-state index in [1.807, 2.05) is 0 Å². The summed E-state index contributed by atoms with van der Waals surface area (Å²) in [7, 11) is -4.73. The van der Waals surface area contributed by atoms with Crippen molar-refractivity contribution in [2.75, 3.05) is 5.32 Å². The highest BCUT2D eigenvalue weighted by atomic mass is 35.5. The van der Waals surface area contributed by atoms with Gasteiger partial charge in [-0.15, -0.1) is 0 Å². The van der Waals surface area contributed by atoms with Crippen LogP contribution in [-0.4, -0.2) is 31.1 Å². The molecule has 0 spiro atoms. The van der Waals surface area contributed by atoms with Crippen molar-refractivity contribution in [3.63, 3.8) is 0 Å². The third-order valence-electron chi connectivity index (χ3n) is 4.79. The number of sulfonamides is 1. The molecule has 1 atom stereocenters. The van der Waals surface area contributed by atoms with Gasteiger partial charge in [0.05, 0.1) is 5.02 Å². The average Bonchev–Trinajstić information content (AvgIpc) is 2.96. The standard InChI is InChI=1S/C18H17ClF5N3O3S/c1-9(18(22,23)24)26-31(29,30)16-13-4-2-3-7-27(13)15(14(16)19)17(28)25-10-5-6-11(20)12(21)8-10/h5-6,8-9,26H,2-4,7H2,1H3,(H,25,28). The number of alkyl halides is 3. The molecule has 0 fully saturated rings. The lowest BCUT2D eigenvalue weighted by Gasteiger charge is -2.20. The number of anilines is 1. The van der Waals surface area contributed by atoms with E-state index >= 15 is 0 Å². The monoisotopic (exact) mass is 485 g/mol. The third-order valence-corrected chi connectivity index (χ3v) is 6.92. The minimum absolute atomic E-state index is 0.105. The van der Waals surface area contributed by atoms with E-state index in [4.69, 9.17) is 11.6 Å².